The fourth-order valence-corrected chi connectivity index (χ4v) is 4.94. The van der Waals surface area contributed by atoms with Crippen molar-refractivity contribution in [3.8, 4) is 0 Å². The summed E-state index contributed by atoms with van der Waals surface area (Å²) in [6.07, 6.45) is 11.2. The van der Waals surface area contributed by atoms with Crippen molar-refractivity contribution in [2.24, 2.45) is 10.9 Å². The second-order valence-electron chi connectivity index (χ2n) is 8.40. The molecule has 2 saturated carbocycles. The number of hydrogen-bond acceptors (Lipinski definition) is 3. The highest BCUT2D eigenvalue weighted by atomic mass is 127. The number of likely N-dealkylation sites (tertiary alicyclic amines) is 2. The molecule has 2 aliphatic carbocycles. The minimum atomic E-state index is 0. The Hall–Kier alpha value is -0.0800. The van der Waals surface area contributed by atoms with Gasteiger partial charge < -0.3 is 15.5 Å². The quantitative estimate of drug-likeness (QED) is 0.375. The van der Waals surface area contributed by atoms with Gasteiger partial charge in [0.15, 0.2) is 5.96 Å². The van der Waals surface area contributed by atoms with Gasteiger partial charge in [0, 0.05) is 51.4 Å². The van der Waals surface area contributed by atoms with E-state index in [1.807, 2.05) is 7.05 Å². The second kappa shape index (κ2) is 9.22. The molecule has 0 aromatic heterocycles. The van der Waals surface area contributed by atoms with Crippen molar-refractivity contribution in [1.82, 2.24) is 20.4 Å². The predicted molar refractivity (Wildman–Crippen MR) is 115 cm³/mol. The van der Waals surface area contributed by atoms with Crippen molar-refractivity contribution in [2.45, 2.75) is 69.5 Å². The Labute approximate surface area is 170 Å². The van der Waals surface area contributed by atoms with Crippen molar-refractivity contribution >= 4 is 29.9 Å². The van der Waals surface area contributed by atoms with Crippen LogP contribution >= 0.6 is 24.0 Å². The van der Waals surface area contributed by atoms with E-state index in [1.54, 1.807) is 0 Å². The molecular formula is C19H36IN5. The van der Waals surface area contributed by atoms with Crippen LogP contribution in [-0.2, 0) is 0 Å². The van der Waals surface area contributed by atoms with Crippen LogP contribution in [0.3, 0.4) is 0 Å². The molecule has 2 atom stereocenters. The van der Waals surface area contributed by atoms with Crippen LogP contribution in [0.1, 0.15) is 51.4 Å². The standard InChI is InChI=1S/C19H35N5.HI/c1-20-19(21-12-15-8-10-23(13-15)18-6-7-18)22-16-9-11-24(14-16)17-4-2-3-5-17;/h15-18H,2-14H2,1H3,(H2,20,21,22);1H. The zero-order chi connectivity index (χ0) is 16.4. The number of rotatable bonds is 5. The van der Waals surface area contributed by atoms with Crippen molar-refractivity contribution in [3.63, 3.8) is 0 Å². The third-order valence-electron chi connectivity index (χ3n) is 6.56. The smallest absolute Gasteiger partial charge is 0.191 e. The molecule has 144 valence electrons. The summed E-state index contributed by atoms with van der Waals surface area (Å²) >= 11 is 0. The Bertz CT molecular complexity index is 447. The average Bonchev–Trinajstić information content (AvgIpc) is 3.02. The van der Waals surface area contributed by atoms with Gasteiger partial charge in [-0.3, -0.25) is 9.89 Å². The highest BCUT2D eigenvalue weighted by Crippen LogP contribution is 2.31. The molecule has 4 fully saturated rings. The van der Waals surface area contributed by atoms with Crippen LogP contribution in [0.15, 0.2) is 4.99 Å². The van der Waals surface area contributed by atoms with Crippen molar-refractivity contribution < 1.29 is 0 Å². The van der Waals surface area contributed by atoms with Gasteiger partial charge in [-0.1, -0.05) is 12.8 Å². The Kier molecular flexibility index (Phi) is 7.26. The van der Waals surface area contributed by atoms with Crippen LogP contribution in [0.2, 0.25) is 0 Å². The van der Waals surface area contributed by atoms with E-state index < -0.39 is 0 Å². The lowest BCUT2D eigenvalue weighted by Gasteiger charge is -2.24. The van der Waals surface area contributed by atoms with E-state index in [4.69, 9.17) is 0 Å². The highest BCUT2D eigenvalue weighted by Gasteiger charge is 2.34. The Morgan fingerprint density at radius 2 is 1.60 bits per heavy atom. The number of nitrogens with zero attached hydrogens (tertiary/aromatic N) is 3. The molecule has 2 saturated heterocycles. The summed E-state index contributed by atoms with van der Waals surface area (Å²) in [7, 11) is 1.91. The lowest BCUT2D eigenvalue weighted by Crippen LogP contribution is -2.46. The minimum absolute atomic E-state index is 0. The summed E-state index contributed by atoms with van der Waals surface area (Å²) in [5.41, 5.74) is 0. The predicted octanol–water partition coefficient (Wildman–Crippen LogP) is 2.27. The molecule has 2 heterocycles. The van der Waals surface area contributed by atoms with Crippen molar-refractivity contribution in [3.05, 3.63) is 0 Å². The van der Waals surface area contributed by atoms with Crippen LogP contribution in [0, 0.1) is 5.92 Å². The lowest BCUT2D eigenvalue weighted by molar-refractivity contribution is 0.242. The van der Waals surface area contributed by atoms with Crippen LogP contribution in [0.5, 0.6) is 0 Å². The number of hydrogen-bond donors (Lipinski definition) is 2. The van der Waals surface area contributed by atoms with E-state index in [-0.39, 0.29) is 24.0 Å². The summed E-state index contributed by atoms with van der Waals surface area (Å²) in [6.45, 7) is 6.13. The molecule has 2 unspecified atom stereocenters. The molecule has 0 radical (unpaired) electrons. The normalized spacial score (nSPS) is 32.1. The van der Waals surface area contributed by atoms with Crippen molar-refractivity contribution in [1.29, 1.82) is 0 Å². The molecule has 0 aromatic rings. The highest BCUT2D eigenvalue weighted by molar-refractivity contribution is 14.0. The van der Waals surface area contributed by atoms with E-state index >= 15 is 0 Å². The first kappa shape index (κ1) is 19.7. The molecule has 5 nitrogen and oxygen atoms in total. The van der Waals surface area contributed by atoms with Crippen LogP contribution in [0.25, 0.3) is 0 Å². The van der Waals surface area contributed by atoms with Crippen LogP contribution in [-0.4, -0.2) is 73.7 Å². The average molecular weight is 461 g/mol. The number of nitrogens with one attached hydrogen (secondary N) is 2. The molecule has 4 rings (SSSR count). The Balaban J connectivity index is 0.00000182. The summed E-state index contributed by atoms with van der Waals surface area (Å²) < 4.78 is 0. The van der Waals surface area contributed by atoms with Gasteiger partial charge in [-0.25, -0.2) is 0 Å². The Morgan fingerprint density at radius 1 is 0.920 bits per heavy atom. The minimum Gasteiger partial charge on any atom is -0.356 e. The first-order valence-corrected chi connectivity index (χ1v) is 10.3. The van der Waals surface area contributed by atoms with Gasteiger partial charge in [0.05, 0.1) is 0 Å². The van der Waals surface area contributed by atoms with E-state index in [2.05, 4.69) is 25.4 Å². The SMILES string of the molecule is CN=C(NCC1CCN(C2CC2)C1)NC1CCN(C2CCCC2)C1.I. The fraction of sp³-hybridized carbons (Fsp3) is 0.947. The van der Waals surface area contributed by atoms with E-state index in [1.165, 1.54) is 77.5 Å². The molecule has 2 aliphatic heterocycles. The first-order chi connectivity index (χ1) is 11.8. The van der Waals surface area contributed by atoms with E-state index in [9.17, 15) is 0 Å². The first-order valence-electron chi connectivity index (χ1n) is 10.3. The molecule has 0 amide bonds. The number of aliphatic imine (C=N–C) groups is 1. The topological polar surface area (TPSA) is 42.9 Å². The maximum atomic E-state index is 4.46. The van der Waals surface area contributed by atoms with Gasteiger partial charge >= 0.3 is 0 Å². The summed E-state index contributed by atoms with van der Waals surface area (Å²) in [5.74, 6) is 1.81. The van der Waals surface area contributed by atoms with E-state index in [0.29, 0.717) is 6.04 Å². The van der Waals surface area contributed by atoms with Crippen molar-refractivity contribution in [2.75, 3.05) is 39.8 Å². The molecule has 2 N–H and O–H groups in total. The van der Waals surface area contributed by atoms with Crippen LogP contribution in [0.4, 0.5) is 0 Å². The Morgan fingerprint density at radius 3 is 2.32 bits per heavy atom. The van der Waals surface area contributed by atoms with Gasteiger partial charge in [0.1, 0.15) is 0 Å². The molecule has 4 aliphatic rings. The molecule has 0 spiro atoms. The summed E-state index contributed by atoms with van der Waals surface area (Å²) in [6, 6.07) is 2.36. The molecule has 25 heavy (non-hydrogen) atoms. The maximum absolute atomic E-state index is 4.46. The van der Waals surface area contributed by atoms with Crippen LogP contribution < -0.4 is 10.6 Å². The third kappa shape index (κ3) is 5.22. The van der Waals surface area contributed by atoms with Gasteiger partial charge in [-0.15, -0.1) is 24.0 Å². The number of guanidine groups is 1. The zero-order valence-corrected chi connectivity index (χ0v) is 18.1. The summed E-state index contributed by atoms with van der Waals surface area (Å²) in [4.78, 5) is 9.87. The van der Waals surface area contributed by atoms with Gasteiger partial charge in [-0.2, -0.15) is 0 Å². The monoisotopic (exact) mass is 461 g/mol. The molecule has 0 aromatic carbocycles. The largest absolute Gasteiger partial charge is 0.356 e. The molecular weight excluding hydrogens is 425 g/mol. The fourth-order valence-electron chi connectivity index (χ4n) is 4.94. The van der Waals surface area contributed by atoms with Gasteiger partial charge in [0.2, 0.25) is 0 Å². The third-order valence-corrected chi connectivity index (χ3v) is 6.56. The van der Waals surface area contributed by atoms with Gasteiger partial charge in [0.25, 0.3) is 0 Å². The molecule has 6 heteroatoms. The lowest BCUT2D eigenvalue weighted by atomic mass is 10.1. The van der Waals surface area contributed by atoms with Gasteiger partial charge in [-0.05, 0) is 51.0 Å². The maximum Gasteiger partial charge on any atom is 0.191 e. The summed E-state index contributed by atoms with van der Waals surface area (Å²) in [5, 5.41) is 7.27. The molecule has 0 bridgehead atoms. The number of halogens is 1. The second-order valence-corrected chi connectivity index (χ2v) is 8.40. The van der Waals surface area contributed by atoms with E-state index in [0.717, 1.165) is 30.5 Å². The zero-order valence-electron chi connectivity index (χ0n) is 15.8.